The average Bonchev–Trinajstić information content (AvgIpc) is 2.35. The first-order chi connectivity index (χ1) is 8.56. The van der Waals surface area contributed by atoms with E-state index in [9.17, 15) is 8.78 Å². The lowest BCUT2D eigenvalue weighted by Crippen LogP contribution is -2.04. The molecule has 5 heteroatoms. The van der Waals surface area contributed by atoms with Gasteiger partial charge in [0.15, 0.2) is 11.6 Å². The molecule has 0 bridgehead atoms. The van der Waals surface area contributed by atoms with Gasteiger partial charge in [0.1, 0.15) is 5.82 Å². The summed E-state index contributed by atoms with van der Waals surface area (Å²) in [6.45, 7) is 4.11. The van der Waals surface area contributed by atoms with E-state index in [0.717, 1.165) is 23.5 Å². The van der Waals surface area contributed by atoms with Gasteiger partial charge in [0, 0.05) is 6.54 Å². The van der Waals surface area contributed by atoms with Crippen LogP contribution in [0.4, 0.5) is 14.6 Å². The fraction of sp³-hybridized carbons (Fsp3) is 0.231. The molecule has 18 heavy (non-hydrogen) atoms. The maximum absolute atomic E-state index is 13.0. The van der Waals surface area contributed by atoms with Crippen molar-refractivity contribution in [2.24, 2.45) is 0 Å². The second-order valence-electron chi connectivity index (χ2n) is 4.03. The smallest absolute Gasteiger partial charge is 0.159 e. The molecule has 1 heterocycles. The first-order valence-corrected chi connectivity index (χ1v) is 5.54. The van der Waals surface area contributed by atoms with Gasteiger partial charge in [-0.05, 0) is 31.5 Å². The Balaban J connectivity index is 2.06. The van der Waals surface area contributed by atoms with E-state index in [4.69, 9.17) is 0 Å². The predicted molar refractivity (Wildman–Crippen MR) is 65.2 cm³/mol. The summed E-state index contributed by atoms with van der Waals surface area (Å²) >= 11 is 0. The van der Waals surface area contributed by atoms with Crippen molar-refractivity contribution in [3.05, 3.63) is 53.0 Å². The van der Waals surface area contributed by atoms with Crippen LogP contribution in [-0.4, -0.2) is 9.97 Å². The highest BCUT2D eigenvalue weighted by Crippen LogP contribution is 2.11. The van der Waals surface area contributed by atoms with Gasteiger partial charge in [0.2, 0.25) is 0 Å². The van der Waals surface area contributed by atoms with Crippen LogP contribution in [0, 0.1) is 25.5 Å². The lowest BCUT2D eigenvalue weighted by atomic mass is 10.2. The van der Waals surface area contributed by atoms with Crippen molar-refractivity contribution in [2.75, 3.05) is 5.32 Å². The third-order valence-corrected chi connectivity index (χ3v) is 2.65. The zero-order valence-electron chi connectivity index (χ0n) is 10.2. The molecule has 0 aliphatic rings. The number of hydrogen-bond acceptors (Lipinski definition) is 3. The Labute approximate surface area is 104 Å². The molecule has 0 aliphatic heterocycles. The molecule has 0 radical (unpaired) electrons. The van der Waals surface area contributed by atoms with Crippen molar-refractivity contribution >= 4 is 5.82 Å². The largest absolute Gasteiger partial charge is 0.365 e. The molecule has 2 aromatic rings. The number of hydrogen-bond donors (Lipinski definition) is 1. The third kappa shape index (κ3) is 2.80. The quantitative estimate of drug-likeness (QED) is 0.908. The fourth-order valence-electron chi connectivity index (χ4n) is 1.47. The van der Waals surface area contributed by atoms with E-state index in [1.54, 1.807) is 6.20 Å². The highest BCUT2D eigenvalue weighted by molar-refractivity contribution is 5.35. The molecule has 0 spiro atoms. The van der Waals surface area contributed by atoms with Gasteiger partial charge in [-0.25, -0.2) is 13.8 Å². The molecule has 0 aliphatic carbocycles. The summed E-state index contributed by atoms with van der Waals surface area (Å²) < 4.78 is 25.7. The van der Waals surface area contributed by atoms with Gasteiger partial charge < -0.3 is 5.32 Å². The summed E-state index contributed by atoms with van der Waals surface area (Å²) in [4.78, 5) is 8.45. The molecule has 1 aromatic heterocycles. The van der Waals surface area contributed by atoms with E-state index in [-0.39, 0.29) is 0 Å². The zero-order chi connectivity index (χ0) is 13.1. The summed E-state index contributed by atoms with van der Waals surface area (Å²) in [7, 11) is 0. The minimum absolute atomic E-state index is 0.369. The van der Waals surface area contributed by atoms with E-state index >= 15 is 0 Å². The van der Waals surface area contributed by atoms with Crippen LogP contribution in [0.25, 0.3) is 0 Å². The van der Waals surface area contributed by atoms with Crippen LogP contribution in [0.3, 0.4) is 0 Å². The zero-order valence-corrected chi connectivity index (χ0v) is 10.2. The number of nitrogens with zero attached hydrogens (tertiary/aromatic N) is 2. The molecule has 94 valence electrons. The Morgan fingerprint density at radius 2 is 1.89 bits per heavy atom. The van der Waals surface area contributed by atoms with Crippen LogP contribution in [0.1, 0.15) is 17.0 Å². The van der Waals surface area contributed by atoms with Gasteiger partial charge >= 0.3 is 0 Å². The lowest BCUT2D eigenvalue weighted by Gasteiger charge is -2.07. The van der Waals surface area contributed by atoms with E-state index in [1.807, 2.05) is 13.8 Å². The van der Waals surface area contributed by atoms with Crippen LogP contribution in [-0.2, 0) is 6.54 Å². The van der Waals surface area contributed by atoms with Gasteiger partial charge in [-0.1, -0.05) is 6.07 Å². The number of benzene rings is 1. The van der Waals surface area contributed by atoms with Gasteiger partial charge in [0.05, 0.1) is 17.6 Å². The van der Waals surface area contributed by atoms with Crippen molar-refractivity contribution < 1.29 is 8.78 Å². The monoisotopic (exact) mass is 249 g/mol. The predicted octanol–water partition coefficient (Wildman–Crippen LogP) is 2.98. The van der Waals surface area contributed by atoms with Crippen LogP contribution < -0.4 is 5.32 Å². The fourth-order valence-corrected chi connectivity index (χ4v) is 1.47. The molecule has 0 saturated heterocycles. The SMILES string of the molecule is Cc1ncc(NCc2ccc(F)c(F)c2)nc1C. The lowest BCUT2D eigenvalue weighted by molar-refractivity contribution is 0.507. The molecule has 0 atom stereocenters. The summed E-state index contributed by atoms with van der Waals surface area (Å²) in [5.41, 5.74) is 2.35. The Morgan fingerprint density at radius 3 is 2.56 bits per heavy atom. The van der Waals surface area contributed by atoms with E-state index in [0.29, 0.717) is 17.9 Å². The van der Waals surface area contributed by atoms with Crippen LogP contribution >= 0.6 is 0 Å². The third-order valence-electron chi connectivity index (χ3n) is 2.65. The van der Waals surface area contributed by atoms with Gasteiger partial charge in [-0.3, -0.25) is 4.98 Å². The number of halogens is 2. The number of nitrogens with one attached hydrogen (secondary N) is 1. The number of aromatic nitrogens is 2. The molecule has 0 amide bonds. The number of aryl methyl sites for hydroxylation is 2. The van der Waals surface area contributed by atoms with Crippen molar-refractivity contribution in [3.63, 3.8) is 0 Å². The normalized spacial score (nSPS) is 10.4. The van der Waals surface area contributed by atoms with Crippen molar-refractivity contribution in [3.8, 4) is 0 Å². The molecular weight excluding hydrogens is 236 g/mol. The second-order valence-corrected chi connectivity index (χ2v) is 4.03. The van der Waals surface area contributed by atoms with E-state index < -0.39 is 11.6 Å². The van der Waals surface area contributed by atoms with Gasteiger partial charge in [-0.2, -0.15) is 0 Å². The molecule has 0 unspecified atom stereocenters. The Bertz CT molecular complexity index is 519. The Kier molecular flexibility index (Phi) is 3.50. The van der Waals surface area contributed by atoms with Crippen LogP contribution in [0.5, 0.6) is 0 Å². The van der Waals surface area contributed by atoms with Crippen molar-refractivity contribution in [2.45, 2.75) is 20.4 Å². The first kappa shape index (κ1) is 12.4. The Hall–Kier alpha value is -2.04. The van der Waals surface area contributed by atoms with E-state index in [2.05, 4.69) is 15.3 Å². The average molecular weight is 249 g/mol. The number of anilines is 1. The van der Waals surface area contributed by atoms with Gasteiger partial charge in [0.25, 0.3) is 0 Å². The Morgan fingerprint density at radius 1 is 1.11 bits per heavy atom. The first-order valence-electron chi connectivity index (χ1n) is 5.54. The minimum Gasteiger partial charge on any atom is -0.365 e. The summed E-state index contributed by atoms with van der Waals surface area (Å²) in [5, 5.41) is 3.01. The molecular formula is C13H13F2N3. The van der Waals surface area contributed by atoms with E-state index in [1.165, 1.54) is 6.07 Å². The molecule has 1 aromatic carbocycles. The molecule has 2 rings (SSSR count). The van der Waals surface area contributed by atoms with Crippen molar-refractivity contribution in [1.82, 2.24) is 9.97 Å². The molecule has 3 nitrogen and oxygen atoms in total. The second kappa shape index (κ2) is 5.08. The van der Waals surface area contributed by atoms with Gasteiger partial charge in [-0.15, -0.1) is 0 Å². The standard InChI is InChI=1S/C13H13F2N3/c1-8-9(2)18-13(7-16-8)17-6-10-3-4-11(14)12(15)5-10/h3-5,7H,6H2,1-2H3,(H,17,18). The summed E-state index contributed by atoms with van der Waals surface area (Å²) in [5.74, 6) is -1.08. The summed E-state index contributed by atoms with van der Waals surface area (Å²) in [6, 6.07) is 3.80. The highest BCUT2D eigenvalue weighted by atomic mass is 19.2. The number of rotatable bonds is 3. The van der Waals surface area contributed by atoms with Crippen molar-refractivity contribution in [1.29, 1.82) is 0 Å². The molecule has 0 saturated carbocycles. The maximum Gasteiger partial charge on any atom is 0.159 e. The molecule has 0 fully saturated rings. The maximum atomic E-state index is 13.0. The van der Waals surface area contributed by atoms with Crippen LogP contribution in [0.15, 0.2) is 24.4 Å². The molecule has 1 N–H and O–H groups in total. The highest BCUT2D eigenvalue weighted by Gasteiger charge is 2.03. The minimum atomic E-state index is -0.847. The summed E-state index contributed by atoms with van der Waals surface area (Å²) in [6.07, 6.45) is 1.61. The topological polar surface area (TPSA) is 37.8 Å². The van der Waals surface area contributed by atoms with Crippen LogP contribution in [0.2, 0.25) is 0 Å².